The minimum atomic E-state index is -0.300. The number of halogens is 2. The first kappa shape index (κ1) is 18.5. The number of hydrogen-bond acceptors (Lipinski definition) is 2. The van der Waals surface area contributed by atoms with E-state index < -0.39 is 0 Å². The summed E-state index contributed by atoms with van der Waals surface area (Å²) in [7, 11) is 0. The Hall–Kier alpha value is -2.24. The second-order valence-corrected chi connectivity index (χ2v) is 6.84. The van der Waals surface area contributed by atoms with Crippen LogP contribution in [0.1, 0.15) is 31.2 Å². The number of benzene rings is 2. The molecule has 0 spiro atoms. The Bertz CT molecular complexity index is 937. The molecule has 136 valence electrons. The molecule has 0 amide bonds. The zero-order valence-electron chi connectivity index (χ0n) is 14.7. The van der Waals surface area contributed by atoms with Crippen LogP contribution in [0.2, 0.25) is 5.02 Å². The Labute approximate surface area is 156 Å². The van der Waals surface area contributed by atoms with Crippen LogP contribution in [-0.2, 0) is 13.1 Å². The average molecular weight is 375 g/mol. The number of aromatic amines is 1. The van der Waals surface area contributed by atoms with Gasteiger partial charge in [0.1, 0.15) is 18.9 Å². The molecule has 0 radical (unpaired) electrons. The molecule has 2 aromatic carbocycles. The number of hydrogen-bond donors (Lipinski definition) is 2. The van der Waals surface area contributed by atoms with E-state index in [1.54, 1.807) is 18.2 Å². The second-order valence-electron chi connectivity index (χ2n) is 6.44. The standard InChI is InChI=1S/C20H21ClFN3O/c1-2-3-11-25(12-15-16(21)8-6-9-17(15)22)13-19-23-18-10-5-4-7-14(18)20(26)24-19/h4-10H,2-3,11-13H2,1H3,(H,23,24,26)/p+1. The van der Waals surface area contributed by atoms with Gasteiger partial charge in [-0.15, -0.1) is 0 Å². The molecule has 0 saturated heterocycles. The number of quaternary nitrogens is 1. The van der Waals surface area contributed by atoms with E-state index in [0.717, 1.165) is 24.3 Å². The van der Waals surface area contributed by atoms with Crippen LogP contribution in [0.15, 0.2) is 47.3 Å². The van der Waals surface area contributed by atoms with Crippen LogP contribution in [-0.4, -0.2) is 16.5 Å². The number of nitrogens with zero attached hydrogens (tertiary/aromatic N) is 1. The lowest BCUT2D eigenvalue weighted by atomic mass is 10.2. The van der Waals surface area contributed by atoms with Crippen molar-refractivity contribution in [3.63, 3.8) is 0 Å². The third-order valence-electron chi connectivity index (χ3n) is 4.45. The molecule has 1 heterocycles. The van der Waals surface area contributed by atoms with Crippen LogP contribution < -0.4 is 10.5 Å². The molecule has 6 heteroatoms. The number of fused-ring (bicyclic) bond motifs is 1. The molecule has 0 saturated carbocycles. The predicted octanol–water partition coefficient (Wildman–Crippen LogP) is 3.10. The predicted molar refractivity (Wildman–Crippen MR) is 102 cm³/mol. The van der Waals surface area contributed by atoms with Crippen molar-refractivity contribution in [2.45, 2.75) is 32.9 Å². The smallest absolute Gasteiger partial charge is 0.258 e. The Morgan fingerprint density at radius 2 is 1.96 bits per heavy atom. The summed E-state index contributed by atoms with van der Waals surface area (Å²) in [6, 6.07) is 12.0. The minimum absolute atomic E-state index is 0.149. The third kappa shape index (κ3) is 4.29. The van der Waals surface area contributed by atoms with E-state index >= 15 is 0 Å². The molecule has 0 aliphatic heterocycles. The maximum Gasteiger partial charge on any atom is 0.258 e. The molecule has 4 nitrogen and oxygen atoms in total. The maximum atomic E-state index is 14.2. The molecular weight excluding hydrogens is 353 g/mol. The number of aromatic nitrogens is 2. The van der Waals surface area contributed by atoms with Crippen molar-refractivity contribution >= 4 is 22.5 Å². The Morgan fingerprint density at radius 1 is 1.15 bits per heavy atom. The summed E-state index contributed by atoms with van der Waals surface area (Å²) in [6.07, 6.45) is 2.04. The van der Waals surface area contributed by atoms with Crippen molar-refractivity contribution in [2.24, 2.45) is 0 Å². The van der Waals surface area contributed by atoms with Crippen LogP contribution in [0.5, 0.6) is 0 Å². The summed E-state index contributed by atoms with van der Waals surface area (Å²) in [4.78, 5) is 20.8. The zero-order chi connectivity index (χ0) is 18.5. The first-order chi connectivity index (χ1) is 12.6. The van der Waals surface area contributed by atoms with Crippen molar-refractivity contribution in [1.82, 2.24) is 9.97 Å². The van der Waals surface area contributed by atoms with Crippen LogP contribution in [0.3, 0.4) is 0 Å². The molecule has 3 aromatic rings. The van der Waals surface area contributed by atoms with Gasteiger partial charge in [-0.05, 0) is 30.7 Å². The van der Waals surface area contributed by atoms with Crippen molar-refractivity contribution < 1.29 is 9.29 Å². The molecular formula is C20H22ClFN3O+. The van der Waals surface area contributed by atoms with E-state index in [-0.39, 0.29) is 11.4 Å². The highest BCUT2D eigenvalue weighted by molar-refractivity contribution is 6.31. The van der Waals surface area contributed by atoms with Crippen molar-refractivity contribution in [3.05, 3.63) is 75.0 Å². The van der Waals surface area contributed by atoms with Crippen LogP contribution in [0.4, 0.5) is 4.39 Å². The monoisotopic (exact) mass is 374 g/mol. The summed E-state index contributed by atoms with van der Waals surface area (Å²) >= 11 is 6.19. The fraction of sp³-hybridized carbons (Fsp3) is 0.300. The molecule has 1 unspecified atom stereocenters. The molecule has 0 aliphatic rings. The molecule has 1 atom stereocenters. The normalized spacial score (nSPS) is 12.4. The van der Waals surface area contributed by atoms with Crippen molar-refractivity contribution in [2.75, 3.05) is 6.54 Å². The second kappa shape index (κ2) is 8.43. The molecule has 3 rings (SSSR count). The van der Waals surface area contributed by atoms with Gasteiger partial charge in [-0.25, -0.2) is 9.37 Å². The van der Waals surface area contributed by atoms with Gasteiger partial charge < -0.3 is 9.88 Å². The van der Waals surface area contributed by atoms with Crippen molar-refractivity contribution in [1.29, 1.82) is 0 Å². The van der Waals surface area contributed by atoms with Gasteiger partial charge in [-0.3, -0.25) is 4.79 Å². The van der Waals surface area contributed by atoms with E-state index in [1.165, 1.54) is 6.07 Å². The Kier molecular flexibility index (Phi) is 6.01. The van der Waals surface area contributed by atoms with Gasteiger partial charge in [0.15, 0.2) is 5.82 Å². The highest BCUT2D eigenvalue weighted by Crippen LogP contribution is 2.17. The number of para-hydroxylation sites is 1. The molecule has 0 aliphatic carbocycles. The number of unbranched alkanes of at least 4 members (excludes halogenated alkanes) is 1. The van der Waals surface area contributed by atoms with Gasteiger partial charge in [0, 0.05) is 0 Å². The van der Waals surface area contributed by atoms with E-state index in [4.69, 9.17) is 11.6 Å². The van der Waals surface area contributed by atoms with Gasteiger partial charge in [0.25, 0.3) is 5.56 Å². The first-order valence-electron chi connectivity index (χ1n) is 8.83. The fourth-order valence-electron chi connectivity index (χ4n) is 3.07. The first-order valence-corrected chi connectivity index (χ1v) is 9.20. The lowest BCUT2D eigenvalue weighted by Gasteiger charge is -2.20. The highest BCUT2D eigenvalue weighted by Gasteiger charge is 2.17. The summed E-state index contributed by atoms with van der Waals surface area (Å²) < 4.78 is 14.2. The quantitative estimate of drug-likeness (QED) is 0.667. The zero-order valence-corrected chi connectivity index (χ0v) is 15.4. The Morgan fingerprint density at radius 3 is 2.73 bits per heavy atom. The lowest BCUT2D eigenvalue weighted by molar-refractivity contribution is -0.928. The summed E-state index contributed by atoms with van der Waals surface area (Å²) in [5.41, 5.74) is 1.03. The molecule has 0 fully saturated rings. The topological polar surface area (TPSA) is 50.2 Å². The van der Waals surface area contributed by atoms with Gasteiger partial charge in [0.05, 0.1) is 28.0 Å². The summed E-state index contributed by atoms with van der Waals surface area (Å²) in [6.45, 7) is 3.91. The largest absolute Gasteiger partial charge is 0.325 e. The average Bonchev–Trinajstić information content (AvgIpc) is 2.62. The summed E-state index contributed by atoms with van der Waals surface area (Å²) in [5, 5.41) is 1.00. The number of H-pyrrole nitrogens is 1. The van der Waals surface area contributed by atoms with Crippen LogP contribution >= 0.6 is 11.6 Å². The van der Waals surface area contributed by atoms with E-state index in [0.29, 0.717) is 40.4 Å². The van der Waals surface area contributed by atoms with Crippen LogP contribution in [0.25, 0.3) is 10.9 Å². The number of nitrogens with one attached hydrogen (secondary N) is 2. The number of rotatable bonds is 7. The van der Waals surface area contributed by atoms with Gasteiger partial charge in [-0.2, -0.15) is 0 Å². The van der Waals surface area contributed by atoms with Gasteiger partial charge in [-0.1, -0.05) is 43.1 Å². The van der Waals surface area contributed by atoms with E-state index in [9.17, 15) is 9.18 Å². The van der Waals surface area contributed by atoms with Crippen molar-refractivity contribution in [3.8, 4) is 0 Å². The van der Waals surface area contributed by atoms with Crippen LogP contribution in [0, 0.1) is 5.82 Å². The molecule has 26 heavy (non-hydrogen) atoms. The third-order valence-corrected chi connectivity index (χ3v) is 4.81. The minimum Gasteiger partial charge on any atom is -0.325 e. The highest BCUT2D eigenvalue weighted by atomic mass is 35.5. The van der Waals surface area contributed by atoms with E-state index in [1.807, 2.05) is 18.2 Å². The molecule has 0 bridgehead atoms. The van der Waals surface area contributed by atoms with Gasteiger partial charge in [0.2, 0.25) is 0 Å². The molecule has 1 aromatic heterocycles. The Balaban J connectivity index is 1.88. The molecule has 2 N–H and O–H groups in total. The maximum absolute atomic E-state index is 14.2. The van der Waals surface area contributed by atoms with E-state index in [2.05, 4.69) is 16.9 Å². The SMILES string of the molecule is CCCC[NH+](Cc1nc2ccccc2c(=O)[nH]1)Cc1c(F)cccc1Cl. The fourth-order valence-corrected chi connectivity index (χ4v) is 3.30. The lowest BCUT2D eigenvalue weighted by Crippen LogP contribution is -3.09. The van der Waals surface area contributed by atoms with Gasteiger partial charge >= 0.3 is 0 Å². The summed E-state index contributed by atoms with van der Waals surface area (Å²) in [5.74, 6) is 0.304.